The van der Waals surface area contributed by atoms with Crippen LogP contribution in [0.4, 0.5) is 39.5 Å². The predicted octanol–water partition coefficient (Wildman–Crippen LogP) is 15.3. The number of carbonyl (C=O) groups excluding carboxylic acids is 3. The lowest BCUT2D eigenvalue weighted by molar-refractivity contribution is -0.150. The second-order valence-electron chi connectivity index (χ2n) is 35.4. The van der Waals surface area contributed by atoms with Gasteiger partial charge in [-0.25, -0.2) is 0 Å². The summed E-state index contributed by atoms with van der Waals surface area (Å²) in [5, 5.41) is 8.74. The van der Waals surface area contributed by atoms with Gasteiger partial charge in [0.2, 0.25) is 0 Å². The maximum Gasteiger partial charge on any atom is 0.401 e. The van der Waals surface area contributed by atoms with Crippen LogP contribution in [0.5, 0.6) is 17.2 Å². The number of methoxy groups -OCH3 is 3. The van der Waals surface area contributed by atoms with Crippen LogP contribution >= 0.6 is 0 Å². The molecule has 3 aliphatic heterocycles. The van der Waals surface area contributed by atoms with Crippen molar-refractivity contribution >= 4 is 34.3 Å². The number of aromatic amines is 3. The lowest BCUT2D eigenvalue weighted by atomic mass is 9.98. The van der Waals surface area contributed by atoms with E-state index in [-0.39, 0.29) is 72.2 Å². The van der Waals surface area contributed by atoms with Crippen LogP contribution in [0.1, 0.15) is 172 Å². The first-order valence-electron chi connectivity index (χ1n) is 44.8. The zero-order valence-electron chi connectivity index (χ0n) is 79.3. The second kappa shape index (κ2) is 41.4. The topological polar surface area (TPSA) is 285 Å². The van der Waals surface area contributed by atoms with Crippen molar-refractivity contribution in [1.82, 2.24) is 88.5 Å². The molecule has 0 saturated carbocycles. The lowest BCUT2D eigenvalue weighted by Crippen LogP contribution is -2.49. The number of halogens is 9. The van der Waals surface area contributed by atoms with Crippen LogP contribution in [0.2, 0.25) is 0 Å². The summed E-state index contributed by atoms with van der Waals surface area (Å²) >= 11 is 0. The molecule has 15 heterocycles. The van der Waals surface area contributed by atoms with Gasteiger partial charge in [0.1, 0.15) is 17.2 Å². The molecule has 3 saturated heterocycles. The smallest absolute Gasteiger partial charge is 0.401 e. The van der Waals surface area contributed by atoms with Crippen molar-refractivity contribution in [2.24, 2.45) is 0 Å². The maximum atomic E-state index is 13.9. The van der Waals surface area contributed by atoms with Crippen molar-refractivity contribution < 1.29 is 68.1 Å². The molecule has 6 N–H and O–H groups in total. The Morgan fingerprint density at radius 3 is 0.904 bits per heavy atom. The number of fused-ring (bicyclic) bond motifs is 3. The fourth-order valence-electron chi connectivity index (χ4n) is 19.1. The molecule has 27 nitrogen and oxygen atoms in total. The zero-order valence-corrected chi connectivity index (χ0v) is 79.3. The van der Waals surface area contributed by atoms with E-state index in [1.807, 2.05) is 174 Å². The fourth-order valence-corrected chi connectivity index (χ4v) is 19.1. The highest BCUT2D eigenvalue weighted by atomic mass is 19.4. The van der Waals surface area contributed by atoms with Crippen LogP contribution in [0.3, 0.4) is 0 Å². The number of nitrogens with zero attached hydrogens (tertiary/aromatic N) is 12. The molecule has 0 bridgehead atoms. The Kier molecular flexibility index (Phi) is 30.7. The van der Waals surface area contributed by atoms with Crippen LogP contribution in [0.15, 0.2) is 124 Å². The van der Waals surface area contributed by atoms with E-state index >= 15 is 0 Å². The number of aryl methyl sites for hydroxylation is 9. The van der Waals surface area contributed by atoms with Crippen molar-refractivity contribution in [3.8, 4) is 50.6 Å². The lowest BCUT2D eigenvalue weighted by Gasteiger charge is -2.39. The number of nitrogens with one attached hydrogen (secondary N) is 6. The molecule has 3 fully saturated rings. The highest BCUT2D eigenvalue weighted by molar-refractivity contribution is 6.01. The number of rotatable bonds is 24. The highest BCUT2D eigenvalue weighted by Crippen LogP contribution is 2.41. The van der Waals surface area contributed by atoms with Gasteiger partial charge in [0.15, 0.2) is 0 Å². The number of alkyl halides is 9. The third-order valence-electron chi connectivity index (χ3n) is 25.7. The molecule has 3 aliphatic rings. The summed E-state index contributed by atoms with van der Waals surface area (Å²) in [6.45, 7) is 30.3. The standard InChI is InChI=1S/3C33H39F3N6O3/c2*1-19-13-24(14-20(2)38-19)25-7-8-42-28(25)16-26(31(43)37-17-27-29(45-6)15-21(3)39-32(27)44)22(4)30(42)23(5)41-11-9-40(10-12-41)18-33(34,35)36;1-19-7-8-24(22(4)38-19)25-9-10-42-28(25)16-26(31(43)37-17-27-29(45-6)15-20(2)39-32(27)44)21(3)30(42)23(5)41-13-11-40(12-14-41)18-33(34,35)36/h2*7-8,13-16,23H,9-12,17-18H2,1-6H3,(H,37,43)(H,39,44);7-10,15-16,23H,11-14,17-18H2,1-6H3,(H,37,43)(H,39,44)/t2*23-;/m10./s1. The molecular formula is C99H117F9N18O9. The molecule has 12 aromatic heterocycles. The van der Waals surface area contributed by atoms with Crippen LogP contribution in [0, 0.1) is 83.1 Å². The zero-order chi connectivity index (χ0) is 97.9. The molecule has 0 aromatic carbocycles. The summed E-state index contributed by atoms with van der Waals surface area (Å²) in [6, 6.07) is 28.1. The first kappa shape index (κ1) is 100.0. The molecule has 3 amide bonds. The summed E-state index contributed by atoms with van der Waals surface area (Å²) < 4.78 is 140. The number of carbonyl (C=O) groups is 3. The van der Waals surface area contributed by atoms with Crippen molar-refractivity contribution in [3.63, 3.8) is 0 Å². The first-order chi connectivity index (χ1) is 63.8. The number of hydrogen-bond acceptors (Lipinski definition) is 18. The Bertz CT molecular complexity index is 6300. The van der Waals surface area contributed by atoms with E-state index in [0.717, 1.165) is 118 Å². The number of amides is 3. The van der Waals surface area contributed by atoms with Gasteiger partial charge in [-0.15, -0.1) is 0 Å². The largest absolute Gasteiger partial charge is 0.496 e. The fraction of sp³-hybridized carbons (Fsp3) is 0.424. The van der Waals surface area contributed by atoms with Gasteiger partial charge in [-0.05, 0) is 217 Å². The van der Waals surface area contributed by atoms with Gasteiger partial charge in [0.05, 0.1) is 93.8 Å². The van der Waals surface area contributed by atoms with Gasteiger partial charge in [-0.1, -0.05) is 6.07 Å². The Hall–Kier alpha value is -12.5. The van der Waals surface area contributed by atoms with Crippen LogP contribution < -0.4 is 46.8 Å². The van der Waals surface area contributed by atoms with E-state index in [2.05, 4.69) is 73.8 Å². The van der Waals surface area contributed by atoms with Gasteiger partial charge in [-0.2, -0.15) is 39.5 Å². The second-order valence-corrected chi connectivity index (χ2v) is 35.4. The van der Waals surface area contributed by atoms with Gasteiger partial charge in [-0.3, -0.25) is 73.1 Å². The quantitative estimate of drug-likeness (QED) is 0.0307. The molecule has 0 radical (unpaired) electrons. The molecule has 0 spiro atoms. The van der Waals surface area contributed by atoms with Gasteiger partial charge in [0.25, 0.3) is 34.4 Å². The van der Waals surface area contributed by atoms with Crippen molar-refractivity contribution in [1.29, 1.82) is 0 Å². The minimum absolute atomic E-state index is 0.0368. The monoisotopic (exact) mass is 1870 g/mol. The number of aromatic nitrogens is 9. The predicted molar refractivity (Wildman–Crippen MR) is 501 cm³/mol. The van der Waals surface area contributed by atoms with Crippen LogP contribution in [0.25, 0.3) is 49.9 Å². The summed E-state index contributed by atoms with van der Waals surface area (Å²) in [7, 11) is 4.43. The molecule has 135 heavy (non-hydrogen) atoms. The van der Waals surface area contributed by atoms with E-state index in [1.54, 1.807) is 39.0 Å². The number of ether oxygens (including phenoxy) is 3. The minimum atomic E-state index is -4.24. The average molecular weight is 1870 g/mol. The summed E-state index contributed by atoms with van der Waals surface area (Å²) in [5.74, 6) is 0.106. The van der Waals surface area contributed by atoms with Crippen molar-refractivity contribution in [2.45, 2.75) is 160 Å². The van der Waals surface area contributed by atoms with E-state index in [0.29, 0.717) is 146 Å². The van der Waals surface area contributed by atoms with E-state index in [1.165, 1.54) is 36.0 Å². The number of pyridine rings is 9. The molecular weight excluding hydrogens is 1760 g/mol. The van der Waals surface area contributed by atoms with Gasteiger partial charge < -0.3 is 58.3 Å². The summed E-state index contributed by atoms with van der Waals surface area (Å²) in [5.41, 5.74) is 21.4. The maximum absolute atomic E-state index is 13.9. The molecule has 12 aromatic rings. The van der Waals surface area contributed by atoms with Gasteiger partial charge >= 0.3 is 18.5 Å². The molecule has 0 aliphatic carbocycles. The van der Waals surface area contributed by atoms with E-state index in [4.69, 9.17) is 14.2 Å². The third kappa shape index (κ3) is 23.2. The Balaban J connectivity index is 0.000000171. The molecule has 1 unspecified atom stereocenters. The van der Waals surface area contributed by atoms with E-state index < -0.39 is 38.2 Å². The molecule has 3 atom stereocenters. The number of H-pyrrole nitrogens is 3. The van der Waals surface area contributed by atoms with Crippen molar-refractivity contribution in [3.05, 3.63) is 259 Å². The molecule has 15 rings (SSSR count). The summed E-state index contributed by atoms with van der Waals surface area (Å²) in [4.78, 5) is 112. The van der Waals surface area contributed by atoms with Gasteiger partial charge in [0, 0.05) is 223 Å². The number of hydrogen-bond donors (Lipinski definition) is 6. The molecule has 36 heteroatoms. The number of piperazine rings is 3. The summed E-state index contributed by atoms with van der Waals surface area (Å²) in [6.07, 6.45) is -6.79. The normalized spacial score (nSPS) is 15.4. The van der Waals surface area contributed by atoms with E-state index in [9.17, 15) is 68.3 Å². The van der Waals surface area contributed by atoms with Crippen LogP contribution in [-0.2, 0) is 19.6 Å². The van der Waals surface area contributed by atoms with Crippen molar-refractivity contribution in [2.75, 3.05) is 120 Å². The Morgan fingerprint density at radius 1 is 0.363 bits per heavy atom. The first-order valence-corrected chi connectivity index (χ1v) is 44.8. The third-order valence-corrected chi connectivity index (χ3v) is 25.7. The van der Waals surface area contributed by atoms with Crippen LogP contribution in [-0.4, -0.2) is 228 Å². The molecule has 720 valence electrons. The minimum Gasteiger partial charge on any atom is -0.496 e. The SMILES string of the molecule is COc1cc(C)[nH]c(=O)c1CNC(=O)c1cc2c(-c3cc(C)nc(C)c3)ccn2c([C@@H](C)N2CCN(CC(F)(F)F)CC2)c1C.COc1cc(C)[nH]c(=O)c1CNC(=O)c1cc2c(-c3cc(C)nc(C)c3)ccn2c([C@H](C)N2CCN(CC(F)(F)F)CC2)c1C.COc1cc(C)[nH]c(=O)c1CNC(=O)c1cc2c(-c3ccc(C)nc3C)ccn2c(C(C)N2CCN(CC(F)(F)F)CC2)c1C. The Labute approximate surface area is 776 Å². The average Bonchev–Trinajstić information content (AvgIpc) is 1.76. The Morgan fingerprint density at radius 2 is 0.637 bits per heavy atom. The highest BCUT2D eigenvalue weighted by Gasteiger charge is 2.39.